The zero-order valence-corrected chi connectivity index (χ0v) is 24.7. The van der Waals surface area contributed by atoms with Crippen molar-refractivity contribution < 1.29 is 22.7 Å². The highest BCUT2D eigenvalue weighted by atomic mass is 32.2. The maximum Gasteiger partial charge on any atom is 0.264 e. The van der Waals surface area contributed by atoms with Crippen molar-refractivity contribution in [1.29, 1.82) is 0 Å². The number of amides is 2. The summed E-state index contributed by atoms with van der Waals surface area (Å²) in [7, 11) is -2.73. The van der Waals surface area contributed by atoms with Crippen LogP contribution in [0.5, 0.6) is 5.75 Å². The van der Waals surface area contributed by atoms with Crippen molar-refractivity contribution in [3.05, 3.63) is 89.5 Å². The van der Waals surface area contributed by atoms with E-state index in [1.54, 1.807) is 24.3 Å². The Bertz CT molecular complexity index is 1390. The highest BCUT2D eigenvalue weighted by Crippen LogP contribution is 2.34. The number of aryl methyl sites for hydroxylation is 2. The molecule has 2 amide bonds. The molecule has 3 aromatic carbocycles. The molecule has 0 spiro atoms. The van der Waals surface area contributed by atoms with Crippen LogP contribution in [0.1, 0.15) is 43.4 Å². The van der Waals surface area contributed by atoms with Crippen LogP contribution in [0.2, 0.25) is 0 Å². The number of nitrogens with zero attached hydrogens (tertiary/aromatic N) is 2. The number of rotatable bonds is 13. The van der Waals surface area contributed by atoms with E-state index in [0.717, 1.165) is 27.4 Å². The predicted octanol–water partition coefficient (Wildman–Crippen LogP) is 4.84. The summed E-state index contributed by atoms with van der Waals surface area (Å²) < 4.78 is 34.8. The number of carbonyl (C=O) groups excluding carboxylic acids is 2. The number of sulfonamides is 1. The van der Waals surface area contributed by atoms with E-state index in [0.29, 0.717) is 18.7 Å². The van der Waals surface area contributed by atoms with Crippen LogP contribution < -0.4 is 14.4 Å². The van der Waals surface area contributed by atoms with Crippen LogP contribution in [0.25, 0.3) is 0 Å². The molecule has 0 unspecified atom stereocenters. The number of ether oxygens (including phenoxy) is 1. The summed E-state index contributed by atoms with van der Waals surface area (Å²) in [5.74, 6) is -0.451. The van der Waals surface area contributed by atoms with Gasteiger partial charge in [0.2, 0.25) is 11.8 Å². The van der Waals surface area contributed by atoms with Gasteiger partial charge in [-0.05, 0) is 62.1 Å². The van der Waals surface area contributed by atoms with E-state index in [1.807, 2.05) is 64.1 Å². The summed E-state index contributed by atoms with van der Waals surface area (Å²) in [6.07, 6.45) is 1.12. The van der Waals surface area contributed by atoms with E-state index >= 15 is 0 Å². The second-order valence-electron chi connectivity index (χ2n) is 9.72. The molecule has 214 valence electrons. The predicted molar refractivity (Wildman–Crippen MR) is 158 cm³/mol. The molecule has 0 saturated heterocycles. The summed E-state index contributed by atoms with van der Waals surface area (Å²) >= 11 is 0. The van der Waals surface area contributed by atoms with E-state index in [-0.39, 0.29) is 23.0 Å². The first kappa shape index (κ1) is 30.7. The number of hydrogen-bond acceptors (Lipinski definition) is 5. The smallest absolute Gasteiger partial charge is 0.264 e. The molecule has 0 bridgehead atoms. The summed E-state index contributed by atoms with van der Waals surface area (Å²) in [6, 6.07) is 20.2. The normalized spacial score (nSPS) is 11.9. The van der Waals surface area contributed by atoms with E-state index in [9.17, 15) is 18.0 Å². The van der Waals surface area contributed by atoms with Gasteiger partial charge in [0.15, 0.2) is 0 Å². The lowest BCUT2D eigenvalue weighted by Crippen LogP contribution is -2.52. The van der Waals surface area contributed by atoms with Gasteiger partial charge in [0.1, 0.15) is 18.3 Å². The highest BCUT2D eigenvalue weighted by molar-refractivity contribution is 7.92. The number of hydrogen-bond donors (Lipinski definition) is 1. The minimum absolute atomic E-state index is 0.0526. The molecule has 0 aliphatic heterocycles. The monoisotopic (exact) mass is 565 g/mol. The van der Waals surface area contributed by atoms with Crippen molar-refractivity contribution in [2.45, 2.75) is 58.0 Å². The SMILES string of the molecule is CCCNC(=O)[C@@H](CC)N(Cc1ccccc1)C(=O)CN(c1cc(C)ccc1OC)S(=O)(=O)c1ccc(C)cc1. The average molecular weight is 566 g/mol. The largest absolute Gasteiger partial charge is 0.495 e. The first-order valence-electron chi connectivity index (χ1n) is 13.5. The standard InChI is InChI=1S/C31H39N3O5S/c1-6-19-32-31(36)27(7-2)33(21-25-11-9-8-10-12-25)30(35)22-34(28-20-24(4)15-18-29(28)39-5)40(37,38)26-16-13-23(3)14-17-26/h8-18,20,27H,6-7,19,21-22H2,1-5H3,(H,32,36)/t27-/m1/s1. The van der Waals surface area contributed by atoms with Gasteiger partial charge in [0, 0.05) is 13.1 Å². The van der Waals surface area contributed by atoms with Gasteiger partial charge >= 0.3 is 0 Å². The Kier molecular flexibility index (Phi) is 10.7. The molecular formula is C31H39N3O5S. The molecule has 0 heterocycles. The first-order chi connectivity index (χ1) is 19.1. The van der Waals surface area contributed by atoms with Crippen LogP contribution in [0.15, 0.2) is 77.7 Å². The van der Waals surface area contributed by atoms with Crippen molar-refractivity contribution in [1.82, 2.24) is 10.2 Å². The molecule has 3 aromatic rings. The van der Waals surface area contributed by atoms with E-state index in [4.69, 9.17) is 4.74 Å². The lowest BCUT2D eigenvalue weighted by Gasteiger charge is -2.33. The van der Waals surface area contributed by atoms with Gasteiger partial charge in [-0.25, -0.2) is 8.42 Å². The summed E-state index contributed by atoms with van der Waals surface area (Å²) in [5, 5.41) is 2.89. The molecule has 1 atom stereocenters. The van der Waals surface area contributed by atoms with Gasteiger partial charge in [0.25, 0.3) is 10.0 Å². The van der Waals surface area contributed by atoms with Crippen molar-refractivity contribution in [2.24, 2.45) is 0 Å². The molecule has 1 N–H and O–H groups in total. The fraction of sp³-hybridized carbons (Fsp3) is 0.355. The number of methoxy groups -OCH3 is 1. The van der Waals surface area contributed by atoms with Crippen molar-refractivity contribution in [3.63, 3.8) is 0 Å². The average Bonchev–Trinajstić information content (AvgIpc) is 2.95. The van der Waals surface area contributed by atoms with Gasteiger partial charge in [-0.3, -0.25) is 13.9 Å². The molecule has 3 rings (SSSR count). The Morgan fingerprint density at radius 3 is 2.17 bits per heavy atom. The van der Waals surface area contributed by atoms with Crippen LogP contribution >= 0.6 is 0 Å². The maximum absolute atomic E-state index is 14.1. The summed E-state index contributed by atoms with van der Waals surface area (Å²) in [4.78, 5) is 28.8. The second kappa shape index (κ2) is 14.0. The molecule has 0 fully saturated rings. The van der Waals surface area contributed by atoms with E-state index < -0.39 is 28.5 Å². The van der Waals surface area contributed by atoms with E-state index in [1.165, 1.54) is 24.1 Å². The van der Waals surface area contributed by atoms with Gasteiger partial charge in [-0.15, -0.1) is 0 Å². The topological polar surface area (TPSA) is 96.0 Å². The van der Waals surface area contributed by atoms with Gasteiger partial charge in [0.05, 0.1) is 17.7 Å². The molecular weight excluding hydrogens is 526 g/mol. The Balaban J connectivity index is 2.11. The number of nitrogens with one attached hydrogen (secondary N) is 1. The Morgan fingerprint density at radius 1 is 0.925 bits per heavy atom. The molecule has 9 heteroatoms. The van der Waals surface area contributed by atoms with Gasteiger partial charge in [-0.2, -0.15) is 0 Å². The molecule has 0 radical (unpaired) electrons. The third-order valence-electron chi connectivity index (χ3n) is 6.62. The first-order valence-corrected chi connectivity index (χ1v) is 14.9. The second-order valence-corrected chi connectivity index (χ2v) is 11.6. The third kappa shape index (κ3) is 7.41. The zero-order chi connectivity index (χ0) is 29.3. The zero-order valence-electron chi connectivity index (χ0n) is 23.9. The molecule has 0 aromatic heterocycles. The fourth-order valence-corrected chi connectivity index (χ4v) is 5.83. The van der Waals surface area contributed by atoms with Crippen LogP contribution in [-0.2, 0) is 26.2 Å². The van der Waals surface area contributed by atoms with Crippen molar-refractivity contribution >= 4 is 27.5 Å². The third-order valence-corrected chi connectivity index (χ3v) is 8.40. The van der Waals surface area contributed by atoms with Crippen molar-refractivity contribution in [2.75, 3.05) is 24.5 Å². The minimum atomic E-state index is -4.18. The Labute approximate surface area is 238 Å². The number of carbonyl (C=O) groups is 2. The quantitative estimate of drug-likeness (QED) is 0.320. The van der Waals surface area contributed by atoms with E-state index in [2.05, 4.69) is 5.32 Å². The maximum atomic E-state index is 14.1. The molecule has 0 aliphatic rings. The lowest BCUT2D eigenvalue weighted by atomic mass is 10.1. The Morgan fingerprint density at radius 2 is 1.57 bits per heavy atom. The van der Waals surface area contributed by atoms with Crippen molar-refractivity contribution in [3.8, 4) is 5.75 Å². The summed E-state index contributed by atoms with van der Waals surface area (Å²) in [6.45, 7) is 7.63. The van der Waals surface area contributed by atoms with Gasteiger partial charge in [-0.1, -0.05) is 67.9 Å². The molecule has 0 aliphatic carbocycles. The Hall–Kier alpha value is -3.85. The fourth-order valence-electron chi connectivity index (χ4n) is 4.41. The summed E-state index contributed by atoms with van der Waals surface area (Å²) in [5.41, 5.74) is 2.80. The molecule has 40 heavy (non-hydrogen) atoms. The van der Waals surface area contributed by atoms with Crippen LogP contribution in [0, 0.1) is 13.8 Å². The molecule has 8 nitrogen and oxygen atoms in total. The number of benzene rings is 3. The van der Waals surface area contributed by atoms with Crippen LogP contribution in [0.4, 0.5) is 5.69 Å². The number of anilines is 1. The van der Waals surface area contributed by atoms with Crippen LogP contribution in [0.3, 0.4) is 0 Å². The van der Waals surface area contributed by atoms with Crippen LogP contribution in [-0.4, -0.2) is 51.4 Å². The van der Waals surface area contributed by atoms with Gasteiger partial charge < -0.3 is 15.0 Å². The lowest BCUT2D eigenvalue weighted by molar-refractivity contribution is -0.140. The minimum Gasteiger partial charge on any atom is -0.495 e. The highest BCUT2D eigenvalue weighted by Gasteiger charge is 2.34. The molecule has 0 saturated carbocycles.